The van der Waals surface area contributed by atoms with E-state index in [1.165, 1.54) is 51.4 Å². The van der Waals surface area contributed by atoms with Gasteiger partial charge >= 0.3 is 0 Å². The van der Waals surface area contributed by atoms with Crippen molar-refractivity contribution in [2.24, 2.45) is 11.8 Å². The third-order valence-electron chi connectivity index (χ3n) is 4.40. The molecule has 0 amide bonds. The second kappa shape index (κ2) is 23.0. The fraction of sp³-hybridized carbons (Fsp3) is 0.905. The van der Waals surface area contributed by atoms with E-state index in [0.29, 0.717) is 0 Å². The van der Waals surface area contributed by atoms with Gasteiger partial charge in [0, 0.05) is 6.04 Å². The Kier molecular flexibility index (Phi) is 27.8. The largest absolute Gasteiger partial charge is 0.314 e. The molecule has 136 valence electrons. The highest BCUT2D eigenvalue weighted by Crippen LogP contribution is 2.26. The van der Waals surface area contributed by atoms with Crippen molar-refractivity contribution < 1.29 is 0 Å². The third kappa shape index (κ3) is 17.8. The van der Waals surface area contributed by atoms with Crippen LogP contribution in [0.5, 0.6) is 0 Å². The van der Waals surface area contributed by atoms with Gasteiger partial charge in [0.2, 0.25) is 0 Å². The maximum Gasteiger partial charge on any atom is 0.00671 e. The van der Waals surface area contributed by atoms with Crippen molar-refractivity contribution in [3.8, 4) is 0 Å². The lowest BCUT2D eigenvalue weighted by Gasteiger charge is -2.28. The fourth-order valence-electron chi connectivity index (χ4n) is 2.76. The molecule has 1 N–H and O–H groups in total. The highest BCUT2D eigenvalue weighted by Gasteiger charge is 2.18. The first-order chi connectivity index (χ1) is 10.7. The van der Waals surface area contributed by atoms with E-state index in [2.05, 4.69) is 53.1 Å². The summed E-state index contributed by atoms with van der Waals surface area (Å²) in [5, 5.41) is 3.53. The van der Waals surface area contributed by atoms with Gasteiger partial charge in [0.15, 0.2) is 0 Å². The SMILES string of the molecule is C=C.CC.CCCC(C)CC.CCNC1CCC(CC)CC1. The zero-order valence-corrected chi connectivity index (χ0v) is 17.0. The molecule has 1 nitrogen and oxygen atoms in total. The minimum absolute atomic E-state index is 0.836. The highest BCUT2D eigenvalue weighted by atomic mass is 14.9. The van der Waals surface area contributed by atoms with Crippen LogP contribution in [0.3, 0.4) is 0 Å². The van der Waals surface area contributed by atoms with Gasteiger partial charge in [-0.3, -0.25) is 0 Å². The summed E-state index contributed by atoms with van der Waals surface area (Å²) in [4.78, 5) is 0. The molecule has 22 heavy (non-hydrogen) atoms. The van der Waals surface area contributed by atoms with Gasteiger partial charge < -0.3 is 5.32 Å². The molecular weight excluding hydrogens is 266 g/mol. The molecule has 1 heteroatoms. The van der Waals surface area contributed by atoms with Crippen LogP contribution in [-0.4, -0.2) is 12.6 Å². The smallest absolute Gasteiger partial charge is 0.00671 e. The van der Waals surface area contributed by atoms with Crippen LogP contribution in [0.25, 0.3) is 0 Å². The van der Waals surface area contributed by atoms with Gasteiger partial charge in [-0.2, -0.15) is 0 Å². The molecule has 0 saturated heterocycles. The molecule has 1 unspecified atom stereocenters. The van der Waals surface area contributed by atoms with E-state index >= 15 is 0 Å². The fourth-order valence-corrected chi connectivity index (χ4v) is 2.76. The van der Waals surface area contributed by atoms with Crippen LogP contribution in [0.1, 0.15) is 99.8 Å². The molecule has 1 aliphatic carbocycles. The van der Waals surface area contributed by atoms with Gasteiger partial charge in [-0.25, -0.2) is 0 Å². The molecule has 0 aromatic carbocycles. The van der Waals surface area contributed by atoms with Gasteiger partial charge in [0.1, 0.15) is 0 Å². The molecule has 0 radical (unpaired) electrons. The Balaban J connectivity index is -0.000000285. The molecule has 1 rings (SSSR count). The molecule has 0 aliphatic heterocycles. The Bertz CT molecular complexity index is 171. The number of hydrogen-bond donors (Lipinski definition) is 1. The summed E-state index contributed by atoms with van der Waals surface area (Å²) < 4.78 is 0. The second-order valence-corrected chi connectivity index (χ2v) is 5.99. The molecule has 0 aromatic heterocycles. The number of nitrogens with one attached hydrogen (secondary N) is 1. The van der Waals surface area contributed by atoms with Crippen molar-refractivity contribution >= 4 is 0 Å². The van der Waals surface area contributed by atoms with Crippen molar-refractivity contribution in [3.63, 3.8) is 0 Å². The summed E-state index contributed by atoms with van der Waals surface area (Å²) in [7, 11) is 0. The molecule has 1 aliphatic rings. The highest BCUT2D eigenvalue weighted by molar-refractivity contribution is 4.75. The van der Waals surface area contributed by atoms with Crippen LogP contribution in [0, 0.1) is 11.8 Å². The van der Waals surface area contributed by atoms with E-state index in [1.54, 1.807) is 0 Å². The standard InChI is InChI=1S/C10H21N.C7H16.C2H6.C2H4/c1-3-9-5-7-10(8-6-9)11-4-2;1-4-6-7(3)5-2;2*1-2/h9-11H,3-8H2,1-2H3;7H,4-6H2,1-3H3;1-2H3;1-2H2. The van der Waals surface area contributed by atoms with Crippen LogP contribution in [-0.2, 0) is 0 Å². The summed E-state index contributed by atoms with van der Waals surface area (Å²) in [6.45, 7) is 22.5. The van der Waals surface area contributed by atoms with E-state index in [0.717, 1.165) is 24.4 Å². The minimum Gasteiger partial charge on any atom is -0.314 e. The molecule has 0 spiro atoms. The molecular formula is C21H47N. The predicted octanol–water partition coefficient (Wildman–Crippen LogP) is 7.23. The maximum absolute atomic E-state index is 3.53. The van der Waals surface area contributed by atoms with E-state index in [1.807, 2.05) is 13.8 Å². The summed E-state index contributed by atoms with van der Waals surface area (Å²) in [6.07, 6.45) is 11.2. The number of hydrogen-bond acceptors (Lipinski definition) is 1. The average Bonchev–Trinajstić information content (AvgIpc) is 2.60. The first-order valence-corrected chi connectivity index (χ1v) is 9.91. The van der Waals surface area contributed by atoms with E-state index in [-0.39, 0.29) is 0 Å². The Morgan fingerprint density at radius 2 is 1.45 bits per heavy atom. The molecule has 0 bridgehead atoms. The minimum atomic E-state index is 0.836. The van der Waals surface area contributed by atoms with Crippen molar-refractivity contribution in [2.75, 3.05) is 6.54 Å². The number of rotatable bonds is 6. The zero-order chi connectivity index (χ0) is 17.8. The van der Waals surface area contributed by atoms with Crippen molar-refractivity contribution in [3.05, 3.63) is 13.2 Å². The first kappa shape index (κ1) is 26.6. The molecule has 0 heterocycles. The summed E-state index contributed by atoms with van der Waals surface area (Å²) in [5.74, 6) is 1.98. The summed E-state index contributed by atoms with van der Waals surface area (Å²) >= 11 is 0. The molecule has 1 saturated carbocycles. The van der Waals surface area contributed by atoms with E-state index < -0.39 is 0 Å². The van der Waals surface area contributed by atoms with Gasteiger partial charge in [-0.05, 0) is 44.1 Å². The van der Waals surface area contributed by atoms with E-state index in [4.69, 9.17) is 0 Å². The lowest BCUT2D eigenvalue weighted by molar-refractivity contribution is 0.289. The Morgan fingerprint density at radius 1 is 0.955 bits per heavy atom. The normalized spacial score (nSPS) is 21.0. The Hall–Kier alpha value is -0.300. The predicted molar refractivity (Wildman–Crippen MR) is 107 cm³/mol. The van der Waals surface area contributed by atoms with Crippen molar-refractivity contribution in [1.82, 2.24) is 5.32 Å². The second-order valence-electron chi connectivity index (χ2n) is 5.99. The molecule has 0 aromatic rings. The molecule has 1 fully saturated rings. The summed E-state index contributed by atoms with van der Waals surface area (Å²) in [5.41, 5.74) is 0. The van der Waals surface area contributed by atoms with Gasteiger partial charge in [-0.1, -0.05) is 74.1 Å². The Labute approximate surface area is 143 Å². The third-order valence-corrected chi connectivity index (χ3v) is 4.40. The summed E-state index contributed by atoms with van der Waals surface area (Å²) in [6, 6.07) is 0.836. The van der Waals surface area contributed by atoms with Gasteiger partial charge in [-0.15, -0.1) is 13.2 Å². The van der Waals surface area contributed by atoms with Crippen LogP contribution < -0.4 is 5.32 Å². The molecule has 1 atom stereocenters. The monoisotopic (exact) mass is 313 g/mol. The van der Waals surface area contributed by atoms with Crippen LogP contribution in [0.15, 0.2) is 13.2 Å². The van der Waals surface area contributed by atoms with Gasteiger partial charge in [0.05, 0.1) is 0 Å². The Morgan fingerprint density at radius 3 is 1.73 bits per heavy atom. The van der Waals surface area contributed by atoms with Gasteiger partial charge in [0.25, 0.3) is 0 Å². The topological polar surface area (TPSA) is 12.0 Å². The van der Waals surface area contributed by atoms with E-state index in [9.17, 15) is 0 Å². The first-order valence-electron chi connectivity index (χ1n) is 9.91. The van der Waals surface area contributed by atoms with Crippen LogP contribution >= 0.6 is 0 Å². The maximum atomic E-state index is 3.53. The van der Waals surface area contributed by atoms with Crippen LogP contribution in [0.2, 0.25) is 0 Å². The van der Waals surface area contributed by atoms with Crippen molar-refractivity contribution in [2.45, 2.75) is 106 Å². The van der Waals surface area contributed by atoms with Crippen LogP contribution in [0.4, 0.5) is 0 Å². The van der Waals surface area contributed by atoms with Crippen molar-refractivity contribution in [1.29, 1.82) is 0 Å². The zero-order valence-electron chi connectivity index (χ0n) is 17.0. The average molecular weight is 314 g/mol. The lowest BCUT2D eigenvalue weighted by atomic mass is 9.84. The quantitative estimate of drug-likeness (QED) is 0.510. The lowest BCUT2D eigenvalue weighted by Crippen LogP contribution is -2.32.